The SMILES string of the molecule is N#CC1(NC(=O)C2CCCCC2)CC1.O=S1CCN(c2ccc(-c3cnn(-c4ncc(F)cc4F)c3)cc2)CC1. The lowest BCUT2D eigenvalue weighted by Crippen LogP contribution is -2.40. The highest BCUT2D eigenvalue weighted by Gasteiger charge is 2.45. The number of anilines is 1. The maximum atomic E-state index is 13.8. The van der Waals surface area contributed by atoms with Gasteiger partial charge in [0.05, 0.1) is 18.5 Å². The number of nitriles is 1. The van der Waals surface area contributed by atoms with Crippen molar-refractivity contribution in [3.05, 3.63) is 60.6 Å². The number of nitrogens with zero attached hydrogens (tertiary/aromatic N) is 5. The summed E-state index contributed by atoms with van der Waals surface area (Å²) in [6.45, 7) is 1.58. The van der Waals surface area contributed by atoms with Crippen molar-refractivity contribution in [3.8, 4) is 23.0 Å². The largest absolute Gasteiger partial charge is 0.370 e. The Labute approximate surface area is 234 Å². The molecule has 40 heavy (non-hydrogen) atoms. The number of carbonyl (C=O) groups excluding carboxylic acids is 1. The molecule has 1 amide bonds. The van der Waals surface area contributed by atoms with Crippen LogP contribution in [0.2, 0.25) is 0 Å². The van der Waals surface area contributed by atoms with Gasteiger partial charge in [-0.2, -0.15) is 10.4 Å². The maximum absolute atomic E-state index is 13.8. The van der Waals surface area contributed by atoms with Crippen LogP contribution >= 0.6 is 0 Å². The second kappa shape index (κ2) is 12.3. The van der Waals surface area contributed by atoms with E-state index in [-0.39, 0.29) is 17.6 Å². The molecule has 0 unspecified atom stereocenters. The van der Waals surface area contributed by atoms with Crippen LogP contribution in [0.3, 0.4) is 0 Å². The number of benzene rings is 1. The first-order valence-corrected chi connectivity index (χ1v) is 15.1. The minimum absolute atomic E-state index is 0.0458. The lowest BCUT2D eigenvalue weighted by Gasteiger charge is -2.28. The summed E-state index contributed by atoms with van der Waals surface area (Å²) in [5.41, 5.74) is 2.35. The van der Waals surface area contributed by atoms with Crippen molar-refractivity contribution in [2.75, 3.05) is 29.5 Å². The van der Waals surface area contributed by atoms with Crippen molar-refractivity contribution in [1.29, 1.82) is 5.26 Å². The van der Waals surface area contributed by atoms with Crippen molar-refractivity contribution in [1.82, 2.24) is 20.1 Å². The number of rotatable bonds is 5. The summed E-state index contributed by atoms with van der Waals surface area (Å²) >= 11 is 0. The van der Waals surface area contributed by atoms with Crippen molar-refractivity contribution in [3.63, 3.8) is 0 Å². The molecule has 210 valence electrons. The summed E-state index contributed by atoms with van der Waals surface area (Å²) in [7, 11) is -0.700. The van der Waals surface area contributed by atoms with E-state index >= 15 is 0 Å². The predicted molar refractivity (Wildman–Crippen MR) is 149 cm³/mol. The normalized spacial score (nSPS) is 18.8. The van der Waals surface area contributed by atoms with Gasteiger partial charge in [-0.1, -0.05) is 31.4 Å². The Hall–Kier alpha value is -3.65. The van der Waals surface area contributed by atoms with Gasteiger partial charge in [-0.3, -0.25) is 9.00 Å². The minimum Gasteiger partial charge on any atom is -0.370 e. The number of carbonyl (C=O) groups is 1. The van der Waals surface area contributed by atoms with E-state index in [0.29, 0.717) is 11.5 Å². The quantitative estimate of drug-likeness (QED) is 0.487. The van der Waals surface area contributed by atoms with Crippen molar-refractivity contribution in [2.24, 2.45) is 5.92 Å². The first kappa shape index (κ1) is 27.9. The van der Waals surface area contributed by atoms with E-state index in [2.05, 4.69) is 26.4 Å². The standard InChI is InChI=1S/C18H16F2N4OS.C11H16N2O/c19-15-9-17(20)18(21-11-15)24-12-14(10-22-24)13-1-3-16(4-2-13)23-5-7-26(25)8-6-23;12-8-11(6-7-11)13-10(14)9-4-2-1-3-5-9/h1-4,9-12H,5-8H2;9H,1-7H2,(H,13,14). The van der Waals surface area contributed by atoms with Crippen LogP contribution < -0.4 is 10.2 Å². The molecule has 11 heteroatoms. The van der Waals surface area contributed by atoms with Gasteiger partial charge in [0.1, 0.15) is 11.4 Å². The van der Waals surface area contributed by atoms with Gasteiger partial charge in [-0.25, -0.2) is 18.4 Å². The second-order valence-electron chi connectivity index (χ2n) is 10.5. The zero-order valence-electron chi connectivity index (χ0n) is 22.2. The number of halogens is 2. The molecule has 3 aromatic rings. The first-order chi connectivity index (χ1) is 19.4. The molecule has 0 spiro atoms. The first-order valence-electron chi connectivity index (χ1n) is 13.7. The van der Waals surface area contributed by atoms with E-state index in [1.54, 1.807) is 12.4 Å². The van der Waals surface area contributed by atoms with Gasteiger partial charge in [-0.05, 0) is 43.4 Å². The van der Waals surface area contributed by atoms with Gasteiger partial charge in [-0.15, -0.1) is 0 Å². The molecule has 1 N–H and O–H groups in total. The molecule has 3 heterocycles. The van der Waals surface area contributed by atoms with Crippen LogP contribution in [-0.2, 0) is 15.6 Å². The summed E-state index contributed by atoms with van der Waals surface area (Å²) in [6, 6.07) is 10.9. The Kier molecular flexibility index (Phi) is 8.54. The van der Waals surface area contributed by atoms with Crippen molar-refractivity contribution >= 4 is 22.4 Å². The minimum atomic E-state index is -0.766. The number of aromatic nitrogens is 3. The van der Waals surface area contributed by atoms with Gasteiger partial charge in [0.25, 0.3) is 0 Å². The van der Waals surface area contributed by atoms with E-state index in [9.17, 15) is 17.8 Å². The van der Waals surface area contributed by atoms with E-state index in [4.69, 9.17) is 5.26 Å². The maximum Gasteiger partial charge on any atom is 0.224 e. The zero-order chi connectivity index (χ0) is 28.1. The molecule has 1 aromatic carbocycles. The molecule has 0 atom stereocenters. The third kappa shape index (κ3) is 6.73. The molecule has 2 aromatic heterocycles. The summed E-state index contributed by atoms with van der Waals surface area (Å²) < 4.78 is 39.6. The smallest absolute Gasteiger partial charge is 0.224 e. The third-order valence-electron chi connectivity index (χ3n) is 7.63. The van der Waals surface area contributed by atoms with Crippen LogP contribution in [0.25, 0.3) is 16.9 Å². The second-order valence-corrected chi connectivity index (χ2v) is 12.2. The lowest BCUT2D eigenvalue weighted by molar-refractivity contribution is -0.126. The third-order valence-corrected chi connectivity index (χ3v) is 8.91. The Bertz CT molecular complexity index is 1400. The fourth-order valence-electron chi connectivity index (χ4n) is 5.02. The van der Waals surface area contributed by atoms with E-state index in [0.717, 1.165) is 80.7 Å². The molecule has 3 fully saturated rings. The molecule has 1 aliphatic heterocycles. The summed E-state index contributed by atoms with van der Waals surface area (Å²) in [5.74, 6) is 0.150. The number of hydrogen-bond acceptors (Lipinski definition) is 6. The number of nitrogens with one attached hydrogen (secondary N) is 1. The molecule has 3 aliphatic rings. The molecular weight excluding hydrogens is 534 g/mol. The number of amides is 1. The van der Waals surface area contributed by atoms with Crippen molar-refractivity contribution < 1.29 is 17.8 Å². The molecule has 8 nitrogen and oxygen atoms in total. The van der Waals surface area contributed by atoms with Crippen LogP contribution in [0, 0.1) is 28.9 Å². The van der Waals surface area contributed by atoms with Gasteiger partial charge >= 0.3 is 0 Å². The van der Waals surface area contributed by atoms with Gasteiger partial charge in [0.2, 0.25) is 5.91 Å². The lowest BCUT2D eigenvalue weighted by atomic mass is 9.88. The summed E-state index contributed by atoms with van der Waals surface area (Å²) in [6.07, 6.45) is 11.5. The molecule has 6 rings (SSSR count). The van der Waals surface area contributed by atoms with E-state index in [1.165, 1.54) is 11.1 Å². The van der Waals surface area contributed by atoms with Gasteiger partial charge in [0.15, 0.2) is 11.6 Å². The van der Waals surface area contributed by atoms with E-state index < -0.39 is 28.0 Å². The van der Waals surface area contributed by atoms with Gasteiger partial charge in [0, 0.05) is 64.8 Å². The van der Waals surface area contributed by atoms with Crippen LogP contribution in [0.5, 0.6) is 0 Å². The van der Waals surface area contributed by atoms with Crippen LogP contribution in [0.4, 0.5) is 14.5 Å². The highest BCUT2D eigenvalue weighted by atomic mass is 32.2. The Morgan fingerprint density at radius 3 is 2.38 bits per heavy atom. The van der Waals surface area contributed by atoms with Crippen LogP contribution in [-0.4, -0.2) is 55.0 Å². The number of pyridine rings is 1. The highest BCUT2D eigenvalue weighted by molar-refractivity contribution is 7.85. The Balaban J connectivity index is 0.000000194. The average Bonchev–Trinajstić information content (AvgIpc) is 3.58. The molecule has 0 radical (unpaired) electrons. The zero-order valence-corrected chi connectivity index (χ0v) is 23.0. The Morgan fingerprint density at radius 1 is 1.05 bits per heavy atom. The van der Waals surface area contributed by atoms with Crippen molar-refractivity contribution in [2.45, 2.75) is 50.5 Å². The topological polar surface area (TPSA) is 104 Å². The van der Waals surface area contributed by atoms with Crippen LogP contribution in [0.15, 0.2) is 48.9 Å². The molecule has 0 bridgehead atoms. The highest BCUT2D eigenvalue weighted by Crippen LogP contribution is 2.35. The summed E-state index contributed by atoms with van der Waals surface area (Å²) in [4.78, 5) is 17.7. The molecule has 2 saturated carbocycles. The monoisotopic (exact) mass is 566 g/mol. The predicted octanol–water partition coefficient (Wildman–Crippen LogP) is 4.52. The van der Waals surface area contributed by atoms with E-state index in [1.807, 2.05) is 24.3 Å². The number of hydrogen-bond donors (Lipinski definition) is 1. The fourth-order valence-corrected chi connectivity index (χ4v) is 6.07. The molecular formula is C29H32F2N6O2S. The average molecular weight is 567 g/mol. The van der Waals surface area contributed by atoms with Crippen LogP contribution in [0.1, 0.15) is 44.9 Å². The molecule has 2 aliphatic carbocycles. The summed E-state index contributed by atoms with van der Waals surface area (Å²) in [5, 5.41) is 15.8. The Morgan fingerprint density at radius 2 is 1.75 bits per heavy atom. The fraction of sp³-hybridized carbons (Fsp3) is 0.448. The van der Waals surface area contributed by atoms with Gasteiger partial charge < -0.3 is 10.2 Å². The molecule has 1 saturated heterocycles.